The lowest BCUT2D eigenvalue weighted by molar-refractivity contribution is -0.136. The highest BCUT2D eigenvalue weighted by Crippen LogP contribution is 2.34. The van der Waals surface area contributed by atoms with E-state index in [1.165, 1.54) is 6.20 Å². The van der Waals surface area contributed by atoms with Crippen LogP contribution in [0.4, 0.5) is 13.2 Å². The summed E-state index contributed by atoms with van der Waals surface area (Å²) in [4.78, 5) is 3.87. The second-order valence-electron chi connectivity index (χ2n) is 4.39. The summed E-state index contributed by atoms with van der Waals surface area (Å²) >= 11 is 5.77. The van der Waals surface area contributed by atoms with Crippen molar-refractivity contribution in [1.82, 2.24) is 4.98 Å². The highest BCUT2D eigenvalue weighted by molar-refractivity contribution is 6.59. The quantitative estimate of drug-likeness (QED) is 0.842. The Balaban J connectivity index is 2.31. The normalized spacial score (nSPS) is 11.4. The van der Waals surface area contributed by atoms with Gasteiger partial charge in [0.2, 0.25) is 0 Å². The molecule has 2 N–H and O–H groups in total. The zero-order valence-corrected chi connectivity index (χ0v) is 11.8. The third-order valence-electron chi connectivity index (χ3n) is 2.80. The third-order valence-corrected chi connectivity index (χ3v) is 3.10. The molecule has 1 aromatic carbocycles. The fourth-order valence-corrected chi connectivity index (χ4v) is 2.00. The van der Waals surface area contributed by atoms with Crippen LogP contribution < -0.4 is 10.2 Å². The number of aromatic nitrogens is 1. The molecule has 0 aliphatic heterocycles. The minimum Gasteiger partial charge on any atom is -0.487 e. The Bertz CT molecular complexity index is 653. The fraction of sp³-hybridized carbons (Fsp3) is 0.154. The molecule has 1 heterocycles. The van der Waals surface area contributed by atoms with Crippen LogP contribution in [0.5, 0.6) is 5.75 Å². The molecule has 0 saturated heterocycles. The Labute approximate surface area is 129 Å². The average molecular weight is 331 g/mol. The molecular formula is C13H10BClF3NO3. The van der Waals surface area contributed by atoms with Crippen LogP contribution in [0.25, 0.3) is 0 Å². The van der Waals surface area contributed by atoms with E-state index in [-0.39, 0.29) is 17.4 Å². The van der Waals surface area contributed by atoms with Gasteiger partial charge in [0.15, 0.2) is 0 Å². The number of rotatable bonds is 4. The van der Waals surface area contributed by atoms with Crippen LogP contribution in [-0.4, -0.2) is 22.2 Å². The molecule has 116 valence electrons. The molecule has 0 spiro atoms. The average Bonchev–Trinajstić information content (AvgIpc) is 2.45. The van der Waals surface area contributed by atoms with Crippen molar-refractivity contribution in [3.05, 3.63) is 52.8 Å². The molecular weight excluding hydrogens is 321 g/mol. The van der Waals surface area contributed by atoms with E-state index in [9.17, 15) is 13.2 Å². The van der Waals surface area contributed by atoms with Gasteiger partial charge >= 0.3 is 13.3 Å². The number of halogens is 4. The fourth-order valence-electron chi connectivity index (χ4n) is 1.78. The number of hydrogen-bond donors (Lipinski definition) is 2. The van der Waals surface area contributed by atoms with Crippen molar-refractivity contribution in [2.24, 2.45) is 0 Å². The number of nitrogens with zero attached hydrogens (tertiary/aromatic N) is 1. The molecule has 0 atom stereocenters. The van der Waals surface area contributed by atoms with Gasteiger partial charge in [0, 0.05) is 18.0 Å². The number of benzene rings is 1. The maximum atomic E-state index is 12.8. The second kappa shape index (κ2) is 6.56. The highest BCUT2D eigenvalue weighted by atomic mass is 35.5. The summed E-state index contributed by atoms with van der Waals surface area (Å²) in [5.41, 5.74) is -1.26. The van der Waals surface area contributed by atoms with Crippen molar-refractivity contribution in [2.45, 2.75) is 12.8 Å². The smallest absolute Gasteiger partial charge is 0.487 e. The number of hydrogen-bond acceptors (Lipinski definition) is 4. The van der Waals surface area contributed by atoms with Gasteiger partial charge in [0.25, 0.3) is 0 Å². The monoisotopic (exact) mass is 331 g/mol. The Hall–Kier alpha value is -1.77. The molecule has 0 amide bonds. The highest BCUT2D eigenvalue weighted by Gasteiger charge is 2.37. The molecule has 0 radical (unpaired) electrons. The summed E-state index contributed by atoms with van der Waals surface area (Å²) < 4.78 is 43.8. The predicted molar refractivity (Wildman–Crippen MR) is 74.8 cm³/mol. The molecule has 0 aliphatic rings. The Morgan fingerprint density at radius 1 is 1.27 bits per heavy atom. The second-order valence-corrected chi connectivity index (χ2v) is 4.80. The van der Waals surface area contributed by atoms with Crippen LogP contribution in [-0.2, 0) is 12.8 Å². The van der Waals surface area contributed by atoms with E-state index in [0.29, 0.717) is 11.6 Å². The van der Waals surface area contributed by atoms with Crippen molar-refractivity contribution in [2.75, 3.05) is 0 Å². The number of alkyl halides is 3. The van der Waals surface area contributed by atoms with Gasteiger partial charge in [-0.2, -0.15) is 13.2 Å². The molecule has 0 saturated carbocycles. The molecule has 0 unspecified atom stereocenters. The summed E-state index contributed by atoms with van der Waals surface area (Å²) in [5.74, 6) is -0.0818. The van der Waals surface area contributed by atoms with Crippen molar-refractivity contribution in [1.29, 1.82) is 0 Å². The number of ether oxygens (including phenoxy) is 1. The van der Waals surface area contributed by atoms with Gasteiger partial charge in [-0.1, -0.05) is 17.7 Å². The maximum Gasteiger partial charge on any atom is 0.489 e. The molecule has 22 heavy (non-hydrogen) atoms. The van der Waals surface area contributed by atoms with E-state index in [2.05, 4.69) is 4.98 Å². The summed E-state index contributed by atoms with van der Waals surface area (Å²) in [6.45, 7) is 0.0277. The number of pyridine rings is 1. The van der Waals surface area contributed by atoms with Crippen LogP contribution in [0.2, 0.25) is 5.02 Å². The lowest BCUT2D eigenvalue weighted by Crippen LogP contribution is -2.36. The molecule has 2 aromatic rings. The first-order valence-corrected chi connectivity index (χ1v) is 6.45. The van der Waals surface area contributed by atoms with Crippen LogP contribution in [0.15, 0.2) is 36.7 Å². The van der Waals surface area contributed by atoms with Crippen molar-refractivity contribution in [3.63, 3.8) is 0 Å². The zero-order valence-electron chi connectivity index (χ0n) is 11.0. The van der Waals surface area contributed by atoms with Gasteiger partial charge in [-0.05, 0) is 23.7 Å². The topological polar surface area (TPSA) is 62.6 Å². The van der Waals surface area contributed by atoms with E-state index < -0.39 is 24.3 Å². The standard InChI is InChI=1S/C13H10BClF3NO3/c15-11-4-9(13(16,17)18)10(14(20)21)5-12(11)22-7-8-2-1-3-19-6-8/h1-6,20-21H,7H2. The maximum absolute atomic E-state index is 12.8. The predicted octanol–water partition coefficient (Wildman–Crippen LogP) is 2.01. The summed E-state index contributed by atoms with van der Waals surface area (Å²) in [6, 6.07) is 4.86. The molecule has 0 bridgehead atoms. The van der Waals surface area contributed by atoms with Gasteiger partial charge in [-0.15, -0.1) is 0 Å². The van der Waals surface area contributed by atoms with E-state index in [1.807, 2.05) is 0 Å². The van der Waals surface area contributed by atoms with E-state index >= 15 is 0 Å². The Kier molecular flexibility index (Phi) is 4.95. The Morgan fingerprint density at radius 3 is 2.55 bits per heavy atom. The van der Waals surface area contributed by atoms with Crippen LogP contribution in [0.3, 0.4) is 0 Å². The van der Waals surface area contributed by atoms with E-state index in [1.54, 1.807) is 18.3 Å². The van der Waals surface area contributed by atoms with Crippen molar-refractivity contribution in [3.8, 4) is 5.75 Å². The lowest BCUT2D eigenvalue weighted by Gasteiger charge is -2.16. The first-order valence-electron chi connectivity index (χ1n) is 6.07. The molecule has 0 fully saturated rings. The summed E-state index contributed by atoms with van der Waals surface area (Å²) in [5, 5.41) is 18.0. The first kappa shape index (κ1) is 16.6. The first-order chi connectivity index (χ1) is 10.3. The van der Waals surface area contributed by atoms with E-state index in [0.717, 1.165) is 6.07 Å². The largest absolute Gasteiger partial charge is 0.489 e. The molecule has 1 aromatic heterocycles. The molecule has 9 heteroatoms. The van der Waals surface area contributed by atoms with Gasteiger partial charge in [-0.25, -0.2) is 0 Å². The molecule has 2 rings (SSSR count). The zero-order chi connectivity index (χ0) is 16.3. The van der Waals surface area contributed by atoms with Gasteiger partial charge in [0.1, 0.15) is 12.4 Å². The van der Waals surface area contributed by atoms with Gasteiger partial charge in [-0.3, -0.25) is 4.98 Å². The van der Waals surface area contributed by atoms with Crippen LogP contribution >= 0.6 is 11.6 Å². The minimum absolute atomic E-state index is 0.0277. The van der Waals surface area contributed by atoms with Crippen molar-refractivity contribution >= 4 is 24.2 Å². The third kappa shape index (κ3) is 3.91. The summed E-state index contributed by atoms with van der Waals surface area (Å²) in [7, 11) is -2.30. The van der Waals surface area contributed by atoms with Crippen molar-refractivity contribution < 1.29 is 28.0 Å². The summed E-state index contributed by atoms with van der Waals surface area (Å²) in [6.07, 6.45) is -1.67. The van der Waals surface area contributed by atoms with Gasteiger partial charge < -0.3 is 14.8 Å². The molecule has 4 nitrogen and oxygen atoms in total. The minimum atomic E-state index is -4.76. The molecule has 0 aliphatic carbocycles. The van der Waals surface area contributed by atoms with Crippen LogP contribution in [0, 0.1) is 0 Å². The lowest BCUT2D eigenvalue weighted by atomic mass is 9.76. The van der Waals surface area contributed by atoms with Gasteiger partial charge in [0.05, 0.1) is 10.6 Å². The van der Waals surface area contributed by atoms with E-state index in [4.69, 9.17) is 26.4 Å². The SMILES string of the molecule is OB(O)c1cc(OCc2cccnc2)c(Cl)cc1C(F)(F)F. The Morgan fingerprint density at radius 2 is 2.00 bits per heavy atom. The van der Waals surface area contributed by atoms with Crippen LogP contribution in [0.1, 0.15) is 11.1 Å².